The predicted molar refractivity (Wildman–Crippen MR) is 99.3 cm³/mol. The number of piperidine rings is 1. The molecular weight excluding hydrogens is 328 g/mol. The van der Waals surface area contributed by atoms with E-state index in [0.29, 0.717) is 30.2 Å². The summed E-state index contributed by atoms with van der Waals surface area (Å²) in [7, 11) is 2.20. The zero-order valence-corrected chi connectivity index (χ0v) is 15.4. The van der Waals surface area contributed by atoms with Crippen molar-refractivity contribution in [3.05, 3.63) is 53.5 Å². The lowest BCUT2D eigenvalue weighted by Gasteiger charge is -2.36. The highest BCUT2D eigenvalue weighted by Gasteiger charge is 2.39. The molecule has 2 unspecified atom stereocenters. The molecule has 3 heterocycles. The molecule has 2 saturated heterocycles. The molecule has 0 saturated carbocycles. The smallest absolute Gasteiger partial charge is 0.287 e. The summed E-state index contributed by atoms with van der Waals surface area (Å²) < 4.78 is 11.4. The van der Waals surface area contributed by atoms with Gasteiger partial charge in [-0.05, 0) is 69.5 Å². The molecule has 138 valence electrons. The van der Waals surface area contributed by atoms with Crippen LogP contribution in [-0.4, -0.2) is 36.0 Å². The minimum Gasteiger partial charge on any atom is -0.486 e. The van der Waals surface area contributed by atoms with Crippen LogP contribution in [0.3, 0.4) is 0 Å². The van der Waals surface area contributed by atoms with Gasteiger partial charge in [-0.3, -0.25) is 4.79 Å². The molecule has 1 aromatic carbocycles. The molecule has 2 bridgehead atoms. The molecule has 0 aliphatic carbocycles. The van der Waals surface area contributed by atoms with Crippen LogP contribution in [0.25, 0.3) is 0 Å². The van der Waals surface area contributed by atoms with Gasteiger partial charge in [-0.15, -0.1) is 0 Å². The Morgan fingerprint density at radius 3 is 2.73 bits per heavy atom. The summed E-state index contributed by atoms with van der Waals surface area (Å²) in [6, 6.07) is 12.9. The lowest BCUT2D eigenvalue weighted by atomic mass is 9.98. The van der Waals surface area contributed by atoms with Gasteiger partial charge in [0.1, 0.15) is 18.1 Å². The van der Waals surface area contributed by atoms with E-state index in [1.165, 1.54) is 12.8 Å². The number of amides is 1. The number of hydrogen-bond donors (Lipinski definition) is 1. The van der Waals surface area contributed by atoms with E-state index in [1.54, 1.807) is 6.07 Å². The summed E-state index contributed by atoms with van der Waals surface area (Å²) in [4.78, 5) is 15.0. The third-order valence-electron chi connectivity index (χ3n) is 5.69. The Kier molecular flexibility index (Phi) is 4.72. The van der Waals surface area contributed by atoms with Crippen molar-refractivity contribution < 1.29 is 13.9 Å². The van der Waals surface area contributed by atoms with Crippen molar-refractivity contribution >= 4 is 5.91 Å². The number of benzene rings is 1. The molecule has 2 aliphatic heterocycles. The van der Waals surface area contributed by atoms with Crippen molar-refractivity contribution in [1.82, 2.24) is 10.2 Å². The van der Waals surface area contributed by atoms with Crippen LogP contribution in [0.5, 0.6) is 5.75 Å². The van der Waals surface area contributed by atoms with E-state index in [0.717, 1.165) is 24.2 Å². The number of hydrogen-bond acceptors (Lipinski definition) is 4. The number of fused-ring (bicyclic) bond motifs is 2. The first kappa shape index (κ1) is 17.2. The van der Waals surface area contributed by atoms with Crippen LogP contribution in [0.15, 0.2) is 40.8 Å². The third-order valence-corrected chi connectivity index (χ3v) is 5.69. The van der Waals surface area contributed by atoms with Crippen LogP contribution in [0.4, 0.5) is 0 Å². The molecule has 2 atom stereocenters. The molecule has 1 N–H and O–H groups in total. The SMILES string of the molecule is Cc1cccc(OCc2ccc(C(=O)NC3CC4CCC(C3)N4C)o2)c1. The van der Waals surface area contributed by atoms with Crippen molar-refractivity contribution in [2.75, 3.05) is 7.05 Å². The maximum absolute atomic E-state index is 12.5. The molecule has 5 nitrogen and oxygen atoms in total. The highest BCUT2D eigenvalue weighted by molar-refractivity contribution is 5.91. The third kappa shape index (κ3) is 3.63. The highest BCUT2D eigenvalue weighted by Crippen LogP contribution is 2.34. The molecule has 0 radical (unpaired) electrons. The lowest BCUT2D eigenvalue weighted by Crippen LogP contribution is -2.48. The Morgan fingerprint density at radius 1 is 1.23 bits per heavy atom. The number of aryl methyl sites for hydroxylation is 1. The Morgan fingerprint density at radius 2 is 2.00 bits per heavy atom. The summed E-state index contributed by atoms with van der Waals surface area (Å²) in [6.45, 7) is 2.34. The minimum absolute atomic E-state index is 0.124. The van der Waals surface area contributed by atoms with E-state index < -0.39 is 0 Å². The molecule has 0 spiro atoms. The first-order valence-electron chi connectivity index (χ1n) is 9.39. The maximum atomic E-state index is 12.5. The zero-order chi connectivity index (χ0) is 18.1. The molecule has 26 heavy (non-hydrogen) atoms. The molecule has 4 rings (SSSR count). The van der Waals surface area contributed by atoms with Crippen molar-refractivity contribution in [2.45, 2.75) is 57.3 Å². The second-order valence-corrected chi connectivity index (χ2v) is 7.56. The predicted octanol–water partition coefficient (Wildman–Crippen LogP) is 3.52. The average molecular weight is 354 g/mol. The van der Waals surface area contributed by atoms with Gasteiger partial charge in [-0.25, -0.2) is 0 Å². The first-order chi connectivity index (χ1) is 12.6. The molecule has 2 aromatic rings. The normalized spacial score (nSPS) is 25.2. The largest absolute Gasteiger partial charge is 0.486 e. The Labute approximate surface area is 154 Å². The Balaban J connectivity index is 1.32. The summed E-state index contributed by atoms with van der Waals surface area (Å²) in [6.07, 6.45) is 4.55. The van der Waals surface area contributed by atoms with Crippen LogP contribution < -0.4 is 10.1 Å². The van der Waals surface area contributed by atoms with Gasteiger partial charge in [-0.2, -0.15) is 0 Å². The van der Waals surface area contributed by atoms with Crippen LogP contribution in [0.2, 0.25) is 0 Å². The topological polar surface area (TPSA) is 54.7 Å². The van der Waals surface area contributed by atoms with Gasteiger partial charge in [0.05, 0.1) is 0 Å². The molecular formula is C21H26N2O3. The van der Waals surface area contributed by atoms with Gasteiger partial charge in [0.15, 0.2) is 5.76 Å². The lowest BCUT2D eigenvalue weighted by molar-refractivity contribution is 0.0851. The highest BCUT2D eigenvalue weighted by atomic mass is 16.5. The van der Waals surface area contributed by atoms with Gasteiger partial charge in [0, 0.05) is 18.1 Å². The van der Waals surface area contributed by atoms with Gasteiger partial charge >= 0.3 is 0 Å². The number of carbonyl (C=O) groups excluding carboxylic acids is 1. The number of carbonyl (C=O) groups is 1. The van der Waals surface area contributed by atoms with E-state index in [9.17, 15) is 4.79 Å². The summed E-state index contributed by atoms with van der Waals surface area (Å²) >= 11 is 0. The van der Waals surface area contributed by atoms with Crippen molar-refractivity contribution in [3.63, 3.8) is 0 Å². The Bertz CT molecular complexity index is 771. The second-order valence-electron chi connectivity index (χ2n) is 7.56. The van der Waals surface area contributed by atoms with E-state index in [2.05, 4.69) is 17.3 Å². The summed E-state index contributed by atoms with van der Waals surface area (Å²) in [5, 5.41) is 3.15. The average Bonchev–Trinajstić information content (AvgIpc) is 3.16. The number of nitrogens with one attached hydrogen (secondary N) is 1. The van der Waals surface area contributed by atoms with Gasteiger partial charge in [0.25, 0.3) is 5.91 Å². The van der Waals surface area contributed by atoms with E-state index in [1.807, 2.05) is 37.3 Å². The quantitative estimate of drug-likeness (QED) is 0.893. The van der Waals surface area contributed by atoms with Crippen molar-refractivity contribution in [2.24, 2.45) is 0 Å². The number of furan rings is 1. The van der Waals surface area contributed by atoms with Crippen molar-refractivity contribution in [3.8, 4) is 5.75 Å². The molecule has 5 heteroatoms. The van der Waals surface area contributed by atoms with Crippen molar-refractivity contribution in [1.29, 1.82) is 0 Å². The molecule has 2 fully saturated rings. The van der Waals surface area contributed by atoms with Gasteiger partial charge < -0.3 is 19.4 Å². The fourth-order valence-electron chi connectivity index (χ4n) is 4.22. The molecule has 1 aromatic heterocycles. The van der Waals surface area contributed by atoms with Crippen LogP contribution >= 0.6 is 0 Å². The van der Waals surface area contributed by atoms with E-state index in [4.69, 9.17) is 9.15 Å². The first-order valence-corrected chi connectivity index (χ1v) is 9.39. The fraction of sp³-hybridized carbons (Fsp3) is 0.476. The van der Waals surface area contributed by atoms with Crippen LogP contribution in [0.1, 0.15) is 47.6 Å². The minimum atomic E-state index is -0.124. The fourth-order valence-corrected chi connectivity index (χ4v) is 4.22. The second kappa shape index (κ2) is 7.16. The standard InChI is InChI=1S/C21H26N2O3/c1-14-4-3-5-18(10-14)25-13-19-8-9-20(26-19)21(24)22-15-11-16-6-7-17(12-15)23(16)2/h3-5,8-10,15-17H,6-7,11-13H2,1-2H3,(H,22,24). The number of nitrogens with zero attached hydrogens (tertiary/aromatic N) is 1. The number of ether oxygens (including phenoxy) is 1. The molecule has 2 aliphatic rings. The monoisotopic (exact) mass is 354 g/mol. The maximum Gasteiger partial charge on any atom is 0.287 e. The van der Waals surface area contributed by atoms with Crippen LogP contribution in [0, 0.1) is 6.92 Å². The van der Waals surface area contributed by atoms with Crippen LogP contribution in [-0.2, 0) is 6.61 Å². The summed E-state index contributed by atoms with van der Waals surface area (Å²) in [5.41, 5.74) is 1.15. The zero-order valence-electron chi connectivity index (χ0n) is 15.4. The van der Waals surface area contributed by atoms with E-state index >= 15 is 0 Å². The van der Waals surface area contributed by atoms with E-state index in [-0.39, 0.29) is 11.9 Å². The Hall–Kier alpha value is -2.27. The van der Waals surface area contributed by atoms with Gasteiger partial charge in [-0.1, -0.05) is 12.1 Å². The number of rotatable bonds is 5. The summed E-state index contributed by atoms with van der Waals surface area (Å²) in [5.74, 6) is 1.69. The van der Waals surface area contributed by atoms with Gasteiger partial charge in [0.2, 0.25) is 0 Å². The molecule has 1 amide bonds.